The molecular formula is C11H9F2N3O2S. The van der Waals surface area contributed by atoms with Crippen molar-refractivity contribution in [1.82, 2.24) is 9.55 Å². The lowest BCUT2D eigenvalue weighted by Gasteiger charge is -2.20. The molecule has 19 heavy (non-hydrogen) atoms. The Morgan fingerprint density at radius 2 is 2.32 bits per heavy atom. The van der Waals surface area contributed by atoms with Crippen LogP contribution in [-0.4, -0.2) is 33.0 Å². The van der Waals surface area contributed by atoms with Gasteiger partial charge in [-0.1, -0.05) is 11.8 Å². The number of nitrogens with zero attached hydrogens (tertiary/aromatic N) is 3. The predicted octanol–water partition coefficient (Wildman–Crippen LogP) is 2.62. The second-order valence-electron chi connectivity index (χ2n) is 3.94. The second kappa shape index (κ2) is 4.69. The van der Waals surface area contributed by atoms with Crippen LogP contribution in [0.3, 0.4) is 0 Å². The highest BCUT2D eigenvalue weighted by atomic mass is 32.2. The average molecular weight is 285 g/mol. The highest BCUT2D eigenvalue weighted by Crippen LogP contribution is 2.32. The summed E-state index contributed by atoms with van der Waals surface area (Å²) >= 11 is 0.884. The van der Waals surface area contributed by atoms with E-state index in [-0.39, 0.29) is 11.6 Å². The summed E-state index contributed by atoms with van der Waals surface area (Å²) < 4.78 is 32.4. The molecule has 5 nitrogen and oxygen atoms in total. The molecule has 0 aromatic carbocycles. The molecule has 1 unspecified atom stereocenters. The van der Waals surface area contributed by atoms with E-state index in [2.05, 4.69) is 4.98 Å². The standard InChI is InChI=1S/C11H9F2N3O2S/c12-10(13)7-6-19-11(17)16(7)9-5-15-2-4-18-3-1-8(15)14-9/h1-5,7,10H,6H2. The van der Waals surface area contributed by atoms with Gasteiger partial charge in [0.15, 0.2) is 5.82 Å². The molecule has 1 amide bonds. The van der Waals surface area contributed by atoms with Gasteiger partial charge in [0, 0.05) is 18.0 Å². The zero-order valence-corrected chi connectivity index (χ0v) is 10.4. The molecule has 0 spiro atoms. The van der Waals surface area contributed by atoms with Crippen molar-refractivity contribution in [2.75, 3.05) is 10.7 Å². The smallest absolute Gasteiger partial charge is 0.287 e. The Morgan fingerprint density at radius 3 is 3.11 bits per heavy atom. The largest absolute Gasteiger partial charge is 0.471 e. The van der Waals surface area contributed by atoms with Gasteiger partial charge in [-0.15, -0.1) is 0 Å². The topological polar surface area (TPSA) is 47.4 Å². The molecule has 0 bridgehead atoms. The number of aromatic nitrogens is 2. The first-order chi connectivity index (χ1) is 9.16. The van der Waals surface area contributed by atoms with E-state index in [4.69, 9.17) is 4.74 Å². The van der Waals surface area contributed by atoms with Crippen LogP contribution in [0.5, 0.6) is 0 Å². The summed E-state index contributed by atoms with van der Waals surface area (Å²) in [6, 6.07) is -1.12. The number of thioether (sulfide) groups is 1. The first-order valence-corrected chi connectivity index (χ1v) is 6.47. The van der Waals surface area contributed by atoms with Gasteiger partial charge >= 0.3 is 0 Å². The van der Waals surface area contributed by atoms with Gasteiger partial charge in [0.05, 0.1) is 12.5 Å². The van der Waals surface area contributed by atoms with E-state index in [0.717, 1.165) is 16.7 Å². The van der Waals surface area contributed by atoms with Crippen molar-refractivity contribution in [2.45, 2.75) is 12.5 Å². The van der Waals surface area contributed by atoms with Gasteiger partial charge in [-0.05, 0) is 0 Å². The van der Waals surface area contributed by atoms with Gasteiger partial charge in [-0.2, -0.15) is 0 Å². The summed E-state index contributed by atoms with van der Waals surface area (Å²) in [5.74, 6) is 0.820. The maximum absolute atomic E-state index is 12.9. The van der Waals surface area contributed by atoms with Crippen LogP contribution < -0.4 is 4.90 Å². The van der Waals surface area contributed by atoms with E-state index in [9.17, 15) is 13.6 Å². The van der Waals surface area contributed by atoms with Crippen molar-refractivity contribution < 1.29 is 18.3 Å². The van der Waals surface area contributed by atoms with Gasteiger partial charge < -0.3 is 9.30 Å². The Morgan fingerprint density at radius 1 is 1.47 bits per heavy atom. The number of halogens is 2. The Labute approximate surface area is 111 Å². The van der Waals surface area contributed by atoms with E-state index < -0.39 is 17.7 Å². The van der Waals surface area contributed by atoms with E-state index in [1.54, 1.807) is 16.8 Å². The molecule has 2 aliphatic rings. The Bertz CT molecular complexity index is 541. The number of imidazole rings is 1. The van der Waals surface area contributed by atoms with E-state index >= 15 is 0 Å². The number of fused-ring (bicyclic) bond motifs is 1. The van der Waals surface area contributed by atoms with Gasteiger partial charge in [0.1, 0.15) is 18.1 Å². The molecule has 1 aromatic heterocycles. The first-order valence-electron chi connectivity index (χ1n) is 5.48. The number of alkyl halides is 2. The maximum atomic E-state index is 12.9. The van der Waals surface area contributed by atoms with Crippen LogP contribution in [0.25, 0.3) is 12.3 Å². The molecule has 0 aliphatic carbocycles. The van der Waals surface area contributed by atoms with Crippen LogP contribution in [0.4, 0.5) is 19.4 Å². The number of anilines is 1. The quantitative estimate of drug-likeness (QED) is 0.838. The highest BCUT2D eigenvalue weighted by molar-refractivity contribution is 8.14. The zero-order valence-electron chi connectivity index (χ0n) is 9.57. The third-order valence-corrected chi connectivity index (χ3v) is 3.74. The van der Waals surface area contributed by atoms with Gasteiger partial charge in [-0.3, -0.25) is 9.69 Å². The molecule has 0 N–H and O–H groups in total. The summed E-state index contributed by atoms with van der Waals surface area (Å²) in [5, 5.41) is -0.400. The van der Waals surface area contributed by atoms with Crippen molar-refractivity contribution in [3.8, 4) is 0 Å². The molecule has 0 saturated carbocycles. The lowest BCUT2D eigenvalue weighted by Crippen LogP contribution is -2.38. The SMILES string of the molecule is O=C1SCC(C(F)F)N1c1cn2c(n1)C=COC=C2. The van der Waals surface area contributed by atoms with Gasteiger partial charge in [0.2, 0.25) is 0 Å². The summed E-state index contributed by atoms with van der Waals surface area (Å²) in [6.07, 6.45) is 4.99. The van der Waals surface area contributed by atoms with Crippen molar-refractivity contribution in [1.29, 1.82) is 0 Å². The van der Waals surface area contributed by atoms with Crippen molar-refractivity contribution in [2.24, 2.45) is 0 Å². The Hall–Kier alpha value is -1.83. The number of carbonyl (C=O) groups excluding carboxylic acids is 1. The lowest BCUT2D eigenvalue weighted by atomic mass is 10.3. The van der Waals surface area contributed by atoms with Gasteiger partial charge in [-0.25, -0.2) is 13.8 Å². The summed E-state index contributed by atoms with van der Waals surface area (Å²) in [6.45, 7) is 0. The lowest BCUT2D eigenvalue weighted by molar-refractivity contribution is 0.124. The third kappa shape index (κ3) is 2.12. The Kier molecular flexibility index (Phi) is 3.02. The molecule has 100 valence electrons. The number of rotatable bonds is 2. The summed E-state index contributed by atoms with van der Waals surface area (Å²) in [5.41, 5.74) is 0. The zero-order chi connectivity index (χ0) is 13.4. The monoisotopic (exact) mass is 285 g/mol. The summed E-state index contributed by atoms with van der Waals surface area (Å²) in [4.78, 5) is 17.0. The average Bonchev–Trinajstić information content (AvgIpc) is 2.87. The van der Waals surface area contributed by atoms with E-state index in [0.29, 0.717) is 5.82 Å². The molecule has 1 fully saturated rings. The van der Waals surface area contributed by atoms with Crippen molar-refractivity contribution in [3.63, 3.8) is 0 Å². The third-order valence-electron chi connectivity index (χ3n) is 2.79. The van der Waals surface area contributed by atoms with Crippen LogP contribution in [0.15, 0.2) is 18.7 Å². The van der Waals surface area contributed by atoms with Crippen molar-refractivity contribution in [3.05, 3.63) is 24.5 Å². The van der Waals surface area contributed by atoms with Crippen LogP contribution in [0.2, 0.25) is 0 Å². The minimum absolute atomic E-state index is 0.0769. The van der Waals surface area contributed by atoms with Crippen molar-refractivity contribution >= 4 is 35.1 Å². The Balaban J connectivity index is 1.98. The molecule has 1 atom stereocenters. The maximum Gasteiger partial charge on any atom is 0.287 e. The number of amides is 1. The van der Waals surface area contributed by atoms with Crippen LogP contribution in [0.1, 0.15) is 5.82 Å². The predicted molar refractivity (Wildman–Crippen MR) is 67.8 cm³/mol. The molecule has 0 radical (unpaired) electrons. The fourth-order valence-corrected chi connectivity index (χ4v) is 2.86. The number of hydrogen-bond acceptors (Lipinski definition) is 4. The molecule has 1 aromatic rings. The first kappa shape index (κ1) is 12.2. The number of ether oxygens (including phenoxy) is 1. The fraction of sp³-hybridized carbons (Fsp3) is 0.273. The molecule has 2 aliphatic heterocycles. The molecule has 3 heterocycles. The van der Waals surface area contributed by atoms with E-state index in [1.807, 2.05) is 0 Å². The van der Waals surface area contributed by atoms with Gasteiger partial charge in [0.25, 0.3) is 11.7 Å². The second-order valence-corrected chi connectivity index (χ2v) is 4.91. The molecule has 8 heteroatoms. The van der Waals surface area contributed by atoms with Crippen LogP contribution >= 0.6 is 11.8 Å². The highest BCUT2D eigenvalue weighted by Gasteiger charge is 2.40. The molecular weight excluding hydrogens is 276 g/mol. The normalized spacial score (nSPS) is 21.7. The fourth-order valence-electron chi connectivity index (χ4n) is 1.88. The summed E-state index contributed by atoms with van der Waals surface area (Å²) in [7, 11) is 0. The van der Waals surface area contributed by atoms with E-state index in [1.165, 1.54) is 18.7 Å². The molecule has 3 rings (SSSR count). The number of carbonyl (C=O) groups is 1. The molecule has 1 saturated heterocycles. The van der Waals surface area contributed by atoms with Crippen LogP contribution in [-0.2, 0) is 4.74 Å². The minimum Gasteiger partial charge on any atom is -0.471 e. The minimum atomic E-state index is -2.59. The van der Waals surface area contributed by atoms with Crippen LogP contribution in [0, 0.1) is 0 Å². The number of hydrogen-bond donors (Lipinski definition) is 0.